The average Bonchev–Trinajstić information content (AvgIpc) is 2.42. The van der Waals surface area contributed by atoms with Crippen LogP contribution in [0.15, 0.2) is 18.2 Å². The molecular weight excluding hydrogens is 244 g/mol. The molecule has 0 unspecified atom stereocenters. The highest BCUT2D eigenvalue weighted by Crippen LogP contribution is 2.24. The summed E-state index contributed by atoms with van der Waals surface area (Å²) in [5.74, 6) is 1.31. The van der Waals surface area contributed by atoms with Crippen LogP contribution in [0.4, 0.5) is 0 Å². The maximum absolute atomic E-state index is 11.2. The molecule has 0 saturated carbocycles. The first-order valence-corrected chi connectivity index (χ1v) is 6.30. The van der Waals surface area contributed by atoms with Crippen molar-refractivity contribution in [2.24, 2.45) is 0 Å². The van der Waals surface area contributed by atoms with Crippen molar-refractivity contribution >= 4 is 5.91 Å². The van der Waals surface area contributed by atoms with Crippen molar-refractivity contribution in [1.82, 2.24) is 10.6 Å². The Morgan fingerprint density at radius 2 is 2.11 bits per heavy atom. The monoisotopic (exact) mass is 266 g/mol. The Hall–Kier alpha value is -1.75. The van der Waals surface area contributed by atoms with Crippen LogP contribution in [0.5, 0.6) is 11.5 Å². The van der Waals surface area contributed by atoms with Crippen molar-refractivity contribution < 1.29 is 14.3 Å². The summed E-state index contributed by atoms with van der Waals surface area (Å²) >= 11 is 0. The molecule has 1 aromatic carbocycles. The van der Waals surface area contributed by atoms with E-state index in [9.17, 15) is 4.79 Å². The fraction of sp³-hybridized carbons (Fsp3) is 0.500. The third-order valence-electron chi connectivity index (χ3n) is 2.61. The molecule has 0 aromatic heterocycles. The Balaban J connectivity index is 2.79. The van der Waals surface area contributed by atoms with Gasteiger partial charge in [-0.2, -0.15) is 0 Å². The van der Waals surface area contributed by atoms with Crippen molar-refractivity contribution in [2.75, 3.05) is 20.8 Å². The third-order valence-corrected chi connectivity index (χ3v) is 2.61. The number of benzene rings is 1. The number of ether oxygens (including phenoxy) is 2. The third kappa shape index (κ3) is 5.18. The average molecular weight is 266 g/mol. The molecule has 1 rings (SSSR count). The Bertz CT molecular complexity index is 419. The standard InChI is InChI=1S/C14H22N2O3/c1-10(2)16-8-11-7-12(18-4)5-6-13(11)19-9-14(17)15-3/h5-7,10,16H,8-9H2,1-4H3,(H,15,17). The van der Waals surface area contributed by atoms with E-state index in [4.69, 9.17) is 9.47 Å². The SMILES string of the molecule is CNC(=O)COc1ccc(OC)cc1CNC(C)C. The van der Waals surface area contributed by atoms with Crippen LogP contribution in [0, 0.1) is 0 Å². The van der Waals surface area contributed by atoms with E-state index in [0.717, 1.165) is 11.3 Å². The van der Waals surface area contributed by atoms with Gasteiger partial charge in [0.05, 0.1) is 7.11 Å². The number of carbonyl (C=O) groups is 1. The lowest BCUT2D eigenvalue weighted by Gasteiger charge is -2.14. The molecule has 0 atom stereocenters. The van der Waals surface area contributed by atoms with Crippen molar-refractivity contribution in [2.45, 2.75) is 26.4 Å². The molecule has 0 aliphatic carbocycles. The molecular formula is C14H22N2O3. The van der Waals surface area contributed by atoms with Crippen molar-refractivity contribution in [1.29, 1.82) is 0 Å². The predicted octanol–water partition coefficient (Wildman–Crippen LogP) is 1.32. The van der Waals surface area contributed by atoms with Gasteiger partial charge in [-0.15, -0.1) is 0 Å². The lowest BCUT2D eigenvalue weighted by atomic mass is 10.1. The molecule has 2 N–H and O–H groups in total. The van der Waals surface area contributed by atoms with E-state index in [1.165, 1.54) is 0 Å². The van der Waals surface area contributed by atoms with E-state index < -0.39 is 0 Å². The van der Waals surface area contributed by atoms with E-state index >= 15 is 0 Å². The second kappa shape index (κ2) is 7.63. The van der Waals surface area contributed by atoms with Gasteiger partial charge in [0, 0.05) is 25.2 Å². The maximum Gasteiger partial charge on any atom is 0.257 e. The van der Waals surface area contributed by atoms with Gasteiger partial charge in [-0.25, -0.2) is 0 Å². The van der Waals surface area contributed by atoms with Crippen LogP contribution in [-0.4, -0.2) is 32.7 Å². The second-order valence-corrected chi connectivity index (χ2v) is 4.47. The zero-order valence-electron chi connectivity index (χ0n) is 11.9. The molecule has 0 saturated heterocycles. The molecule has 0 aliphatic heterocycles. The van der Waals surface area contributed by atoms with Crippen LogP contribution < -0.4 is 20.1 Å². The highest BCUT2D eigenvalue weighted by molar-refractivity contribution is 5.77. The summed E-state index contributed by atoms with van der Waals surface area (Å²) in [6.07, 6.45) is 0. The Kier molecular flexibility index (Phi) is 6.15. The summed E-state index contributed by atoms with van der Waals surface area (Å²) in [7, 11) is 3.21. The van der Waals surface area contributed by atoms with E-state index in [-0.39, 0.29) is 12.5 Å². The highest BCUT2D eigenvalue weighted by atomic mass is 16.5. The summed E-state index contributed by atoms with van der Waals surface area (Å²) in [5.41, 5.74) is 0.969. The van der Waals surface area contributed by atoms with Crippen LogP contribution in [0.1, 0.15) is 19.4 Å². The van der Waals surface area contributed by atoms with Crippen LogP contribution in [0.2, 0.25) is 0 Å². The topological polar surface area (TPSA) is 59.6 Å². The molecule has 0 bridgehead atoms. The Morgan fingerprint density at radius 3 is 2.68 bits per heavy atom. The van der Waals surface area contributed by atoms with Gasteiger partial charge in [0.25, 0.3) is 5.91 Å². The number of amides is 1. The fourth-order valence-electron chi connectivity index (χ4n) is 1.49. The maximum atomic E-state index is 11.2. The van der Waals surface area contributed by atoms with Gasteiger partial charge in [-0.1, -0.05) is 13.8 Å². The number of methoxy groups -OCH3 is 1. The minimum Gasteiger partial charge on any atom is -0.497 e. The lowest BCUT2D eigenvalue weighted by molar-refractivity contribution is -0.122. The van der Waals surface area contributed by atoms with E-state index in [0.29, 0.717) is 18.3 Å². The molecule has 1 amide bonds. The van der Waals surface area contributed by atoms with Crippen LogP contribution in [0.3, 0.4) is 0 Å². The summed E-state index contributed by atoms with van der Waals surface area (Å²) in [6, 6.07) is 5.92. The molecule has 5 heteroatoms. The molecule has 0 aliphatic rings. The van der Waals surface area contributed by atoms with Crippen LogP contribution in [-0.2, 0) is 11.3 Å². The predicted molar refractivity (Wildman–Crippen MR) is 74.5 cm³/mol. The number of hydrogen-bond donors (Lipinski definition) is 2. The summed E-state index contributed by atoms with van der Waals surface area (Å²) in [4.78, 5) is 11.2. The normalized spacial score (nSPS) is 10.4. The van der Waals surface area contributed by atoms with Gasteiger partial charge in [0.2, 0.25) is 0 Å². The van der Waals surface area contributed by atoms with Gasteiger partial charge in [0.1, 0.15) is 11.5 Å². The molecule has 0 fully saturated rings. The molecule has 19 heavy (non-hydrogen) atoms. The van der Waals surface area contributed by atoms with Crippen molar-refractivity contribution in [3.05, 3.63) is 23.8 Å². The van der Waals surface area contributed by atoms with Crippen LogP contribution >= 0.6 is 0 Å². The Morgan fingerprint density at radius 1 is 1.37 bits per heavy atom. The van der Waals surface area contributed by atoms with Crippen molar-refractivity contribution in [3.63, 3.8) is 0 Å². The molecule has 0 heterocycles. The largest absolute Gasteiger partial charge is 0.497 e. The second-order valence-electron chi connectivity index (χ2n) is 4.47. The minimum atomic E-state index is -0.154. The van der Waals surface area contributed by atoms with Crippen LogP contribution in [0.25, 0.3) is 0 Å². The molecule has 106 valence electrons. The molecule has 0 radical (unpaired) electrons. The number of rotatable bonds is 7. The van der Waals surface area contributed by atoms with Gasteiger partial charge >= 0.3 is 0 Å². The number of carbonyl (C=O) groups excluding carboxylic acids is 1. The number of likely N-dealkylation sites (N-methyl/N-ethyl adjacent to an activating group) is 1. The van der Waals surface area contributed by atoms with Gasteiger partial charge in [0.15, 0.2) is 6.61 Å². The zero-order valence-corrected chi connectivity index (χ0v) is 11.9. The zero-order chi connectivity index (χ0) is 14.3. The van der Waals surface area contributed by atoms with E-state index in [1.54, 1.807) is 14.2 Å². The molecule has 1 aromatic rings. The number of hydrogen-bond acceptors (Lipinski definition) is 4. The summed E-state index contributed by atoms with van der Waals surface area (Å²) in [5, 5.41) is 5.84. The lowest BCUT2D eigenvalue weighted by Crippen LogP contribution is -2.26. The highest BCUT2D eigenvalue weighted by Gasteiger charge is 2.08. The molecule has 0 spiro atoms. The van der Waals surface area contributed by atoms with Gasteiger partial charge < -0.3 is 20.1 Å². The summed E-state index contributed by atoms with van der Waals surface area (Å²) < 4.78 is 10.7. The van der Waals surface area contributed by atoms with Gasteiger partial charge in [-0.3, -0.25) is 4.79 Å². The number of nitrogens with one attached hydrogen (secondary N) is 2. The smallest absolute Gasteiger partial charge is 0.257 e. The quantitative estimate of drug-likeness (QED) is 0.781. The van der Waals surface area contributed by atoms with E-state index in [1.807, 2.05) is 18.2 Å². The van der Waals surface area contributed by atoms with Crippen molar-refractivity contribution in [3.8, 4) is 11.5 Å². The molecule has 5 nitrogen and oxygen atoms in total. The fourth-order valence-corrected chi connectivity index (χ4v) is 1.49. The van der Waals surface area contributed by atoms with Gasteiger partial charge in [-0.05, 0) is 18.2 Å². The first kappa shape index (κ1) is 15.3. The first-order valence-electron chi connectivity index (χ1n) is 6.30. The first-order chi connectivity index (χ1) is 9.06. The van der Waals surface area contributed by atoms with E-state index in [2.05, 4.69) is 24.5 Å². The summed E-state index contributed by atoms with van der Waals surface area (Å²) in [6.45, 7) is 4.83. The Labute approximate surface area is 114 Å². The minimum absolute atomic E-state index is 0.0114.